The van der Waals surface area contributed by atoms with Crippen LogP contribution in [0, 0.1) is 5.92 Å². The van der Waals surface area contributed by atoms with Crippen molar-refractivity contribution < 1.29 is 18.3 Å². The maximum atomic E-state index is 11.9. The Morgan fingerprint density at radius 1 is 1.67 bits per heavy atom. The number of hydrogen-bond donors (Lipinski definition) is 1. The van der Waals surface area contributed by atoms with Crippen LogP contribution in [-0.2, 0) is 10.0 Å². The highest BCUT2D eigenvalue weighted by Gasteiger charge is 2.38. The van der Waals surface area contributed by atoms with Crippen LogP contribution in [0.3, 0.4) is 0 Å². The SMILES string of the molecule is CC1CN(C(C)c2nc(C(=O)O)cs2)S(=O)(=O)C1. The van der Waals surface area contributed by atoms with E-state index < -0.39 is 22.0 Å². The Bertz CT molecular complexity index is 566. The lowest BCUT2D eigenvalue weighted by Gasteiger charge is -2.20. The normalized spacial score (nSPS) is 25.1. The Morgan fingerprint density at radius 3 is 2.78 bits per heavy atom. The minimum Gasteiger partial charge on any atom is -0.476 e. The average Bonchev–Trinajstić information content (AvgIpc) is 2.81. The van der Waals surface area contributed by atoms with E-state index in [1.54, 1.807) is 6.92 Å². The molecule has 2 heterocycles. The van der Waals surface area contributed by atoms with Crippen LogP contribution in [0.5, 0.6) is 0 Å². The number of carboxylic acids is 1. The predicted molar refractivity (Wildman–Crippen MR) is 67.1 cm³/mol. The van der Waals surface area contributed by atoms with Crippen molar-refractivity contribution in [3.8, 4) is 0 Å². The molecule has 1 fully saturated rings. The molecule has 2 atom stereocenters. The van der Waals surface area contributed by atoms with Gasteiger partial charge in [-0.2, -0.15) is 4.31 Å². The second kappa shape index (κ2) is 4.60. The number of carboxylic acid groups (broad SMARTS) is 1. The zero-order chi connectivity index (χ0) is 13.5. The summed E-state index contributed by atoms with van der Waals surface area (Å²) in [5.41, 5.74) is -0.0357. The highest BCUT2D eigenvalue weighted by atomic mass is 32.2. The van der Waals surface area contributed by atoms with Crippen LogP contribution in [0.1, 0.15) is 35.4 Å². The summed E-state index contributed by atoms with van der Waals surface area (Å²) in [5.74, 6) is -0.854. The number of hydrogen-bond acceptors (Lipinski definition) is 5. The zero-order valence-corrected chi connectivity index (χ0v) is 11.7. The summed E-state index contributed by atoms with van der Waals surface area (Å²) in [4.78, 5) is 14.7. The van der Waals surface area contributed by atoms with Crippen molar-refractivity contribution in [3.05, 3.63) is 16.1 Å². The van der Waals surface area contributed by atoms with Gasteiger partial charge >= 0.3 is 5.97 Å². The third kappa shape index (κ3) is 2.40. The van der Waals surface area contributed by atoms with Gasteiger partial charge in [0.05, 0.1) is 11.8 Å². The molecule has 0 aliphatic carbocycles. The second-order valence-corrected chi connectivity index (χ2v) is 7.36. The van der Waals surface area contributed by atoms with Crippen LogP contribution in [0.4, 0.5) is 0 Å². The van der Waals surface area contributed by atoms with Crippen molar-refractivity contribution in [1.29, 1.82) is 0 Å². The van der Waals surface area contributed by atoms with Gasteiger partial charge in [-0.25, -0.2) is 18.2 Å². The summed E-state index contributed by atoms with van der Waals surface area (Å²) < 4.78 is 25.2. The molecule has 0 amide bonds. The summed E-state index contributed by atoms with van der Waals surface area (Å²) in [7, 11) is -3.24. The molecule has 1 N–H and O–H groups in total. The molecule has 0 saturated carbocycles. The number of aromatic carboxylic acids is 1. The van der Waals surface area contributed by atoms with Gasteiger partial charge in [0.25, 0.3) is 0 Å². The molecule has 1 aliphatic rings. The first-order valence-corrected chi connectivity index (χ1v) is 7.98. The molecule has 1 aliphatic heterocycles. The number of thiazole rings is 1. The maximum Gasteiger partial charge on any atom is 0.355 e. The highest BCUT2D eigenvalue weighted by molar-refractivity contribution is 7.89. The number of carbonyl (C=O) groups is 1. The Kier molecular flexibility index (Phi) is 3.43. The summed E-state index contributed by atoms with van der Waals surface area (Å²) >= 11 is 1.18. The Morgan fingerprint density at radius 2 is 2.33 bits per heavy atom. The lowest BCUT2D eigenvalue weighted by Crippen LogP contribution is -2.29. The van der Waals surface area contributed by atoms with E-state index in [1.165, 1.54) is 21.0 Å². The van der Waals surface area contributed by atoms with Crippen LogP contribution >= 0.6 is 11.3 Å². The fourth-order valence-electron chi connectivity index (χ4n) is 2.03. The van der Waals surface area contributed by atoms with Crippen molar-refractivity contribution in [3.63, 3.8) is 0 Å². The van der Waals surface area contributed by atoms with Gasteiger partial charge in [-0.3, -0.25) is 0 Å². The van der Waals surface area contributed by atoms with Crippen molar-refractivity contribution in [2.24, 2.45) is 5.92 Å². The van der Waals surface area contributed by atoms with Crippen LogP contribution in [-0.4, -0.2) is 41.1 Å². The van der Waals surface area contributed by atoms with E-state index in [1.807, 2.05) is 6.92 Å². The van der Waals surface area contributed by atoms with Crippen molar-refractivity contribution in [1.82, 2.24) is 9.29 Å². The van der Waals surface area contributed by atoms with Gasteiger partial charge in [0.15, 0.2) is 5.69 Å². The molecular weight excluding hydrogens is 276 g/mol. The van der Waals surface area contributed by atoms with Gasteiger partial charge < -0.3 is 5.11 Å². The topological polar surface area (TPSA) is 87.6 Å². The average molecular weight is 290 g/mol. The third-order valence-corrected chi connectivity index (χ3v) is 6.06. The van der Waals surface area contributed by atoms with E-state index in [0.717, 1.165) is 0 Å². The molecule has 0 aromatic carbocycles. The van der Waals surface area contributed by atoms with Gasteiger partial charge in [0.2, 0.25) is 10.0 Å². The molecular formula is C10H14N2O4S2. The summed E-state index contributed by atoms with van der Waals surface area (Å²) in [6.45, 7) is 4.08. The van der Waals surface area contributed by atoms with Gasteiger partial charge in [0, 0.05) is 11.9 Å². The monoisotopic (exact) mass is 290 g/mol. The van der Waals surface area contributed by atoms with E-state index in [0.29, 0.717) is 11.6 Å². The first kappa shape index (κ1) is 13.4. The molecule has 8 heteroatoms. The van der Waals surface area contributed by atoms with Crippen LogP contribution in [0.2, 0.25) is 0 Å². The van der Waals surface area contributed by atoms with Crippen LogP contribution < -0.4 is 0 Å². The van der Waals surface area contributed by atoms with E-state index in [2.05, 4.69) is 4.98 Å². The zero-order valence-electron chi connectivity index (χ0n) is 10.0. The molecule has 6 nitrogen and oxygen atoms in total. The first-order valence-electron chi connectivity index (χ1n) is 5.49. The molecule has 1 saturated heterocycles. The van der Waals surface area contributed by atoms with Gasteiger partial charge in [-0.05, 0) is 12.8 Å². The fraction of sp³-hybridized carbons (Fsp3) is 0.600. The van der Waals surface area contributed by atoms with Crippen LogP contribution in [0.15, 0.2) is 5.38 Å². The Balaban J connectivity index is 2.26. The standard InChI is InChI=1S/C10H14N2O4S2/c1-6-3-12(18(15,16)5-6)7(2)9-11-8(4-17-9)10(13)14/h4,6-7H,3,5H2,1-2H3,(H,13,14). The molecule has 100 valence electrons. The van der Waals surface area contributed by atoms with E-state index in [9.17, 15) is 13.2 Å². The molecule has 0 bridgehead atoms. The summed E-state index contributed by atoms with van der Waals surface area (Å²) in [6.07, 6.45) is 0. The highest BCUT2D eigenvalue weighted by Crippen LogP contribution is 2.31. The van der Waals surface area contributed by atoms with Crippen LogP contribution in [0.25, 0.3) is 0 Å². The Hall–Kier alpha value is -0.990. The number of aromatic nitrogens is 1. The van der Waals surface area contributed by atoms with Gasteiger partial charge in [-0.15, -0.1) is 11.3 Å². The van der Waals surface area contributed by atoms with E-state index in [4.69, 9.17) is 5.11 Å². The number of nitrogens with zero attached hydrogens (tertiary/aromatic N) is 2. The lowest BCUT2D eigenvalue weighted by molar-refractivity contribution is 0.0691. The first-order chi connectivity index (χ1) is 8.31. The molecule has 2 unspecified atom stereocenters. The third-order valence-electron chi connectivity index (χ3n) is 2.87. The van der Waals surface area contributed by atoms with Crippen molar-refractivity contribution in [2.75, 3.05) is 12.3 Å². The van der Waals surface area contributed by atoms with Crippen molar-refractivity contribution in [2.45, 2.75) is 19.9 Å². The van der Waals surface area contributed by atoms with Gasteiger partial charge in [0.1, 0.15) is 5.01 Å². The van der Waals surface area contributed by atoms with E-state index in [-0.39, 0.29) is 17.4 Å². The minimum absolute atomic E-state index is 0.0357. The number of rotatable bonds is 3. The largest absolute Gasteiger partial charge is 0.476 e. The molecule has 18 heavy (non-hydrogen) atoms. The van der Waals surface area contributed by atoms with Gasteiger partial charge in [-0.1, -0.05) is 6.92 Å². The number of sulfonamides is 1. The van der Waals surface area contributed by atoms with E-state index >= 15 is 0 Å². The van der Waals surface area contributed by atoms with Crippen molar-refractivity contribution >= 4 is 27.3 Å². The quantitative estimate of drug-likeness (QED) is 0.903. The smallest absolute Gasteiger partial charge is 0.355 e. The molecule has 0 radical (unpaired) electrons. The molecule has 1 aromatic heterocycles. The Labute approximate surface area is 109 Å². The second-order valence-electron chi connectivity index (χ2n) is 4.51. The maximum absolute atomic E-state index is 11.9. The lowest BCUT2D eigenvalue weighted by atomic mass is 10.2. The predicted octanol–water partition coefficient (Wildman–Crippen LogP) is 1.18. The fourth-order valence-corrected chi connectivity index (χ4v) is 5.04. The summed E-state index contributed by atoms with van der Waals surface area (Å²) in [5, 5.41) is 10.8. The molecule has 2 rings (SSSR count). The minimum atomic E-state index is -3.24. The molecule has 1 aromatic rings. The summed E-state index contributed by atoms with van der Waals surface area (Å²) in [6, 6.07) is -0.405. The molecule has 0 spiro atoms.